The summed E-state index contributed by atoms with van der Waals surface area (Å²) in [4.78, 5) is 64.4. The number of amides is 4. The van der Waals surface area contributed by atoms with Gasteiger partial charge in [0.25, 0.3) is 11.8 Å². The zero-order chi connectivity index (χ0) is 43.8. The molecule has 0 spiro atoms. The smallest absolute Gasteiger partial charge is 0.266 e. The molecule has 7 rings (SSSR count). The maximum atomic E-state index is 13.4. The number of hydrogen-bond acceptors (Lipinski definition) is 13. The number of rotatable bonds is 19. The van der Waals surface area contributed by atoms with Crippen LogP contribution in [0.2, 0.25) is 5.02 Å². The Balaban J connectivity index is 0.808. The SMILES string of the molecule is CCOc1cc2oc(-c3ccc(OCCOCCOCCOCCOc4cccc5c4C(=O)N(C4CCC(=O)NC4=O)C5=O)cc3Cl)cc(=O)c2cc1-c1cc(C)cc(C#N)c1. The summed E-state index contributed by atoms with van der Waals surface area (Å²) < 4.78 is 40.4. The van der Waals surface area contributed by atoms with Crippen LogP contribution >= 0.6 is 11.6 Å². The zero-order valence-electron chi connectivity index (χ0n) is 34.0. The second kappa shape index (κ2) is 19.9. The molecule has 5 aromatic rings. The van der Waals surface area contributed by atoms with E-state index in [9.17, 15) is 29.2 Å². The molecule has 0 saturated carbocycles. The molecule has 62 heavy (non-hydrogen) atoms. The van der Waals surface area contributed by atoms with E-state index >= 15 is 0 Å². The van der Waals surface area contributed by atoms with Crippen LogP contribution in [0.15, 0.2) is 82.0 Å². The predicted molar refractivity (Wildman–Crippen MR) is 226 cm³/mol. The van der Waals surface area contributed by atoms with Crippen LogP contribution in [0.4, 0.5) is 0 Å². The van der Waals surface area contributed by atoms with Crippen molar-refractivity contribution >= 4 is 46.2 Å². The summed E-state index contributed by atoms with van der Waals surface area (Å²) in [6, 6.07) is 21.2. The average molecular weight is 864 g/mol. The van der Waals surface area contributed by atoms with Crippen LogP contribution < -0.4 is 25.0 Å². The number of carbonyl (C=O) groups is 4. The standard InChI is InChI=1S/C46H42ClN3O12/c1-3-59-39-25-41-34(23-33(39)29-20-27(2)19-28(21-29)26-48)37(51)24-40(62-41)31-8-7-30(22-35(31)47)60-17-15-57-13-11-56-12-14-58-16-18-61-38-6-4-5-32-43(38)46(55)50(45(32)54)36-9-10-42(52)49-44(36)53/h4-8,19-25,36H,3,9-18H2,1-2H3,(H,49,52,53). The van der Waals surface area contributed by atoms with E-state index in [0.29, 0.717) is 77.2 Å². The maximum Gasteiger partial charge on any atom is 0.266 e. The minimum Gasteiger partial charge on any atom is -0.493 e. The van der Waals surface area contributed by atoms with Crippen molar-refractivity contribution in [2.24, 2.45) is 0 Å². The minimum absolute atomic E-state index is 0.0343. The van der Waals surface area contributed by atoms with Crippen molar-refractivity contribution in [3.05, 3.63) is 110 Å². The monoisotopic (exact) mass is 863 g/mol. The normalized spacial score (nSPS) is 14.8. The molecule has 3 heterocycles. The topological polar surface area (TPSA) is 193 Å². The Kier molecular flexibility index (Phi) is 13.9. The Bertz CT molecular complexity index is 2640. The lowest BCUT2D eigenvalue weighted by atomic mass is 9.98. The lowest BCUT2D eigenvalue weighted by Crippen LogP contribution is -2.54. The van der Waals surface area contributed by atoms with Crippen LogP contribution in [0, 0.1) is 18.3 Å². The van der Waals surface area contributed by atoms with Gasteiger partial charge in [-0.15, -0.1) is 0 Å². The van der Waals surface area contributed by atoms with E-state index < -0.39 is 29.7 Å². The number of carbonyl (C=O) groups excluding carboxylic acids is 4. The van der Waals surface area contributed by atoms with Crippen LogP contribution in [-0.4, -0.2) is 94.0 Å². The summed E-state index contributed by atoms with van der Waals surface area (Å²) in [6.07, 6.45) is 0.101. The molecule has 2 aliphatic rings. The highest BCUT2D eigenvalue weighted by atomic mass is 35.5. The first-order valence-electron chi connectivity index (χ1n) is 20.0. The predicted octanol–water partition coefficient (Wildman–Crippen LogP) is 6.27. The molecule has 1 fully saturated rings. The molecule has 1 saturated heterocycles. The van der Waals surface area contributed by atoms with Crippen molar-refractivity contribution in [3.8, 4) is 45.8 Å². The lowest BCUT2D eigenvalue weighted by molar-refractivity contribution is -0.136. The fourth-order valence-corrected chi connectivity index (χ4v) is 7.44. The molecular weight excluding hydrogens is 822 g/mol. The van der Waals surface area contributed by atoms with Gasteiger partial charge in [0, 0.05) is 29.7 Å². The molecular formula is C46H42ClN3O12. The van der Waals surface area contributed by atoms with Gasteiger partial charge < -0.3 is 32.8 Å². The number of hydrogen-bond donors (Lipinski definition) is 1. The Hall–Kier alpha value is -6.57. The van der Waals surface area contributed by atoms with E-state index in [2.05, 4.69) is 11.4 Å². The van der Waals surface area contributed by atoms with Gasteiger partial charge >= 0.3 is 0 Å². The number of nitrogens with zero attached hydrogens (tertiary/aromatic N) is 2. The molecule has 16 heteroatoms. The second-order valence-electron chi connectivity index (χ2n) is 14.3. The second-order valence-corrected chi connectivity index (χ2v) is 14.7. The first-order chi connectivity index (χ1) is 30.1. The lowest BCUT2D eigenvalue weighted by Gasteiger charge is -2.27. The molecule has 4 aromatic carbocycles. The van der Waals surface area contributed by atoms with E-state index in [4.69, 9.17) is 44.4 Å². The van der Waals surface area contributed by atoms with Gasteiger partial charge in [-0.25, -0.2) is 0 Å². The summed E-state index contributed by atoms with van der Waals surface area (Å²) in [5.74, 6) is -0.852. The summed E-state index contributed by atoms with van der Waals surface area (Å²) in [5, 5.41) is 12.4. The molecule has 320 valence electrons. The summed E-state index contributed by atoms with van der Waals surface area (Å²) in [5.41, 5.74) is 3.65. The van der Waals surface area contributed by atoms with Gasteiger partial charge in [-0.2, -0.15) is 5.26 Å². The van der Waals surface area contributed by atoms with Gasteiger partial charge in [0.2, 0.25) is 11.8 Å². The molecule has 0 bridgehead atoms. The van der Waals surface area contributed by atoms with Gasteiger partial charge in [0.05, 0.1) is 79.4 Å². The number of halogens is 1. The van der Waals surface area contributed by atoms with Crippen LogP contribution in [-0.2, 0) is 23.8 Å². The highest BCUT2D eigenvalue weighted by Gasteiger charge is 2.46. The Morgan fingerprint density at radius 2 is 1.50 bits per heavy atom. The van der Waals surface area contributed by atoms with E-state index in [1.54, 1.807) is 54.6 Å². The van der Waals surface area contributed by atoms with Gasteiger partial charge in [-0.3, -0.25) is 34.2 Å². The molecule has 0 radical (unpaired) electrons. The fraction of sp³-hybridized carbons (Fsp3) is 0.304. The number of fused-ring (bicyclic) bond motifs is 2. The number of benzene rings is 4. The fourth-order valence-electron chi connectivity index (χ4n) is 7.18. The number of imide groups is 2. The number of piperidine rings is 1. The van der Waals surface area contributed by atoms with E-state index in [1.807, 2.05) is 19.9 Å². The van der Waals surface area contributed by atoms with Crippen molar-refractivity contribution < 1.29 is 52.0 Å². The van der Waals surface area contributed by atoms with Crippen LogP contribution in [0.5, 0.6) is 17.2 Å². The van der Waals surface area contributed by atoms with E-state index in [1.165, 1.54) is 12.1 Å². The Morgan fingerprint density at radius 3 is 2.19 bits per heavy atom. The van der Waals surface area contributed by atoms with Gasteiger partial charge in [0.15, 0.2) is 5.43 Å². The first-order valence-corrected chi connectivity index (χ1v) is 20.3. The Labute approximate surface area is 361 Å². The minimum atomic E-state index is -1.06. The number of ether oxygens (including phenoxy) is 6. The molecule has 1 unspecified atom stereocenters. The van der Waals surface area contributed by atoms with E-state index in [0.717, 1.165) is 16.0 Å². The summed E-state index contributed by atoms with van der Waals surface area (Å²) in [6.45, 7) is 6.24. The third kappa shape index (κ3) is 9.80. The molecule has 1 N–H and O–H groups in total. The number of nitriles is 1. The number of nitrogens with one attached hydrogen (secondary N) is 1. The first kappa shape index (κ1) is 43.5. The zero-order valence-corrected chi connectivity index (χ0v) is 34.7. The van der Waals surface area contributed by atoms with Crippen LogP contribution in [0.3, 0.4) is 0 Å². The van der Waals surface area contributed by atoms with Crippen LogP contribution in [0.25, 0.3) is 33.4 Å². The Morgan fingerprint density at radius 1 is 0.774 bits per heavy atom. The summed E-state index contributed by atoms with van der Waals surface area (Å²) >= 11 is 6.64. The van der Waals surface area contributed by atoms with Gasteiger partial charge in [0.1, 0.15) is 47.8 Å². The largest absolute Gasteiger partial charge is 0.493 e. The molecule has 1 atom stereocenters. The van der Waals surface area contributed by atoms with Gasteiger partial charge in [-0.1, -0.05) is 23.7 Å². The van der Waals surface area contributed by atoms with E-state index in [-0.39, 0.29) is 67.3 Å². The quantitative estimate of drug-likeness (QED) is 0.0722. The molecule has 15 nitrogen and oxygen atoms in total. The van der Waals surface area contributed by atoms with Crippen molar-refractivity contribution in [2.75, 3.05) is 59.5 Å². The highest BCUT2D eigenvalue weighted by molar-refractivity contribution is 6.33. The molecule has 1 aromatic heterocycles. The number of aryl methyl sites for hydroxylation is 1. The average Bonchev–Trinajstić information content (AvgIpc) is 3.50. The molecule has 0 aliphatic carbocycles. The molecule has 4 amide bonds. The third-order valence-corrected chi connectivity index (χ3v) is 10.3. The summed E-state index contributed by atoms with van der Waals surface area (Å²) in [7, 11) is 0. The van der Waals surface area contributed by atoms with Gasteiger partial charge in [-0.05, 0) is 79.9 Å². The van der Waals surface area contributed by atoms with Crippen molar-refractivity contribution in [3.63, 3.8) is 0 Å². The highest BCUT2D eigenvalue weighted by Crippen LogP contribution is 2.38. The maximum absolute atomic E-state index is 13.4. The third-order valence-electron chi connectivity index (χ3n) is 10.0. The van der Waals surface area contributed by atoms with Crippen LogP contribution in [0.1, 0.15) is 51.6 Å². The van der Waals surface area contributed by atoms with Crippen molar-refractivity contribution in [2.45, 2.75) is 32.7 Å². The molecule has 2 aliphatic heterocycles. The van der Waals surface area contributed by atoms with Crippen molar-refractivity contribution in [1.29, 1.82) is 5.26 Å². The van der Waals surface area contributed by atoms with Crippen molar-refractivity contribution in [1.82, 2.24) is 10.2 Å².